The highest BCUT2D eigenvalue weighted by Crippen LogP contribution is 2.39. The number of nitrogens with one attached hydrogen (secondary N) is 2. The van der Waals surface area contributed by atoms with Crippen LogP contribution in [0.3, 0.4) is 0 Å². The van der Waals surface area contributed by atoms with E-state index in [4.69, 9.17) is 18.9 Å². The van der Waals surface area contributed by atoms with Crippen molar-refractivity contribution in [2.75, 3.05) is 33.8 Å². The number of amides is 2. The highest BCUT2D eigenvalue weighted by molar-refractivity contribution is 7.22. The van der Waals surface area contributed by atoms with Gasteiger partial charge in [0.2, 0.25) is 5.75 Å². The number of aromatic nitrogens is 1. The molecule has 3 rings (SSSR count). The Hall–Kier alpha value is -3.20. The molecule has 0 saturated heterocycles. The summed E-state index contributed by atoms with van der Waals surface area (Å²) in [6, 6.07) is 8.50. The third-order valence-electron chi connectivity index (χ3n) is 4.35. The molecule has 8 nitrogen and oxygen atoms in total. The fraction of sp³-hybridized carbons (Fsp3) is 0.300. The molecule has 1 aromatic heterocycles. The average molecular weight is 417 g/mol. The summed E-state index contributed by atoms with van der Waals surface area (Å²) in [6.45, 7) is 1.86. The SMILES string of the molecule is COc1ccc2nc(NC(=O)N[C@H](C)c3cc(OC)c(OC)c(OC)c3)sc2c1. The number of thiazole rings is 1. The summed E-state index contributed by atoms with van der Waals surface area (Å²) in [5, 5.41) is 6.17. The Kier molecular flexibility index (Phi) is 6.28. The van der Waals surface area contributed by atoms with Gasteiger partial charge in [-0.15, -0.1) is 0 Å². The van der Waals surface area contributed by atoms with Gasteiger partial charge in [-0.05, 0) is 42.8 Å². The maximum atomic E-state index is 12.5. The van der Waals surface area contributed by atoms with E-state index < -0.39 is 0 Å². The van der Waals surface area contributed by atoms with Crippen molar-refractivity contribution < 1.29 is 23.7 Å². The number of hydrogen-bond donors (Lipinski definition) is 2. The van der Waals surface area contributed by atoms with Gasteiger partial charge in [0, 0.05) is 0 Å². The van der Waals surface area contributed by atoms with E-state index in [1.165, 1.54) is 11.3 Å². The number of carbonyl (C=O) groups is 1. The van der Waals surface area contributed by atoms with Crippen LogP contribution in [0.1, 0.15) is 18.5 Å². The summed E-state index contributed by atoms with van der Waals surface area (Å²) in [5.41, 5.74) is 1.60. The van der Waals surface area contributed by atoms with E-state index in [0.29, 0.717) is 22.4 Å². The summed E-state index contributed by atoms with van der Waals surface area (Å²) in [7, 11) is 6.25. The van der Waals surface area contributed by atoms with Crippen LogP contribution in [0.4, 0.5) is 9.93 Å². The van der Waals surface area contributed by atoms with Crippen LogP contribution in [0.2, 0.25) is 0 Å². The third-order valence-corrected chi connectivity index (χ3v) is 5.28. The number of ether oxygens (including phenoxy) is 4. The van der Waals surface area contributed by atoms with E-state index in [1.807, 2.05) is 25.1 Å². The summed E-state index contributed by atoms with van der Waals surface area (Å²) >= 11 is 1.38. The number of hydrogen-bond acceptors (Lipinski definition) is 7. The van der Waals surface area contributed by atoms with Crippen molar-refractivity contribution in [3.05, 3.63) is 35.9 Å². The monoisotopic (exact) mass is 417 g/mol. The van der Waals surface area contributed by atoms with Crippen molar-refractivity contribution in [1.82, 2.24) is 10.3 Å². The number of anilines is 1. The van der Waals surface area contributed by atoms with Gasteiger partial charge in [-0.3, -0.25) is 5.32 Å². The molecule has 0 aliphatic rings. The predicted octanol–water partition coefficient (Wildman–Crippen LogP) is 4.21. The first-order valence-corrected chi connectivity index (χ1v) is 9.62. The van der Waals surface area contributed by atoms with E-state index in [9.17, 15) is 4.79 Å². The number of urea groups is 1. The Bertz CT molecular complexity index is 996. The minimum atomic E-state index is -0.364. The van der Waals surface area contributed by atoms with Crippen LogP contribution in [-0.4, -0.2) is 39.5 Å². The van der Waals surface area contributed by atoms with Crippen molar-refractivity contribution in [2.24, 2.45) is 0 Å². The van der Waals surface area contributed by atoms with Gasteiger partial charge in [-0.25, -0.2) is 9.78 Å². The van der Waals surface area contributed by atoms with E-state index in [2.05, 4.69) is 15.6 Å². The maximum absolute atomic E-state index is 12.5. The first kappa shape index (κ1) is 20.5. The van der Waals surface area contributed by atoms with Gasteiger partial charge in [-0.1, -0.05) is 11.3 Å². The molecule has 2 aromatic carbocycles. The molecule has 9 heteroatoms. The Morgan fingerprint density at radius 3 is 2.28 bits per heavy atom. The second kappa shape index (κ2) is 8.87. The van der Waals surface area contributed by atoms with E-state index in [1.54, 1.807) is 40.6 Å². The number of methoxy groups -OCH3 is 4. The van der Waals surface area contributed by atoms with Crippen molar-refractivity contribution >= 4 is 32.7 Å². The van der Waals surface area contributed by atoms with Crippen LogP contribution in [-0.2, 0) is 0 Å². The minimum Gasteiger partial charge on any atom is -0.497 e. The number of fused-ring (bicyclic) bond motifs is 1. The molecule has 3 aromatic rings. The van der Waals surface area contributed by atoms with Gasteiger partial charge < -0.3 is 24.3 Å². The van der Waals surface area contributed by atoms with Gasteiger partial charge in [0.15, 0.2) is 16.6 Å². The Balaban J connectivity index is 1.73. The third kappa shape index (κ3) is 4.45. The molecule has 0 spiro atoms. The molecule has 154 valence electrons. The predicted molar refractivity (Wildman–Crippen MR) is 113 cm³/mol. The van der Waals surface area contributed by atoms with Crippen molar-refractivity contribution in [2.45, 2.75) is 13.0 Å². The lowest BCUT2D eigenvalue weighted by molar-refractivity contribution is 0.249. The van der Waals surface area contributed by atoms with Crippen LogP contribution in [0, 0.1) is 0 Å². The molecule has 0 radical (unpaired) electrons. The largest absolute Gasteiger partial charge is 0.497 e. The number of nitrogens with zero attached hydrogens (tertiary/aromatic N) is 1. The number of carbonyl (C=O) groups excluding carboxylic acids is 1. The van der Waals surface area contributed by atoms with Crippen molar-refractivity contribution in [3.63, 3.8) is 0 Å². The highest BCUT2D eigenvalue weighted by Gasteiger charge is 2.18. The zero-order valence-electron chi connectivity index (χ0n) is 16.9. The van der Waals surface area contributed by atoms with Crippen LogP contribution in [0.15, 0.2) is 30.3 Å². The average Bonchev–Trinajstić information content (AvgIpc) is 3.13. The molecular formula is C20H23N3O5S. The zero-order valence-corrected chi connectivity index (χ0v) is 17.7. The summed E-state index contributed by atoms with van der Waals surface area (Å²) in [4.78, 5) is 16.9. The zero-order chi connectivity index (χ0) is 21.0. The number of rotatable bonds is 7. The molecule has 2 amide bonds. The first-order chi connectivity index (χ1) is 14.0. The Morgan fingerprint density at radius 1 is 1.00 bits per heavy atom. The van der Waals surface area contributed by atoms with Crippen molar-refractivity contribution in [3.8, 4) is 23.0 Å². The molecule has 0 aliphatic carbocycles. The van der Waals surface area contributed by atoms with Crippen molar-refractivity contribution in [1.29, 1.82) is 0 Å². The summed E-state index contributed by atoms with van der Waals surface area (Å²) in [6.07, 6.45) is 0. The van der Waals surface area contributed by atoms with Crippen LogP contribution in [0.25, 0.3) is 10.2 Å². The molecular weight excluding hydrogens is 394 g/mol. The van der Waals surface area contributed by atoms with E-state index in [-0.39, 0.29) is 12.1 Å². The molecule has 0 unspecified atom stereocenters. The summed E-state index contributed by atoms with van der Waals surface area (Å²) in [5.74, 6) is 2.29. The minimum absolute atomic E-state index is 0.307. The lowest BCUT2D eigenvalue weighted by Gasteiger charge is -2.18. The maximum Gasteiger partial charge on any atom is 0.321 e. The standard InChI is InChI=1S/C20H23N3O5S/c1-11(12-8-15(26-3)18(28-5)16(9-12)27-4)21-19(24)23-20-22-14-7-6-13(25-2)10-17(14)29-20/h6-11H,1-5H3,(H2,21,22,23,24)/t11-/m1/s1. The van der Waals surface area contributed by atoms with Gasteiger partial charge in [0.25, 0.3) is 0 Å². The second-order valence-electron chi connectivity index (χ2n) is 6.13. The molecule has 2 N–H and O–H groups in total. The van der Waals surface area contributed by atoms with E-state index in [0.717, 1.165) is 21.5 Å². The van der Waals surface area contributed by atoms with Gasteiger partial charge >= 0.3 is 6.03 Å². The Labute approximate surface area is 172 Å². The molecule has 29 heavy (non-hydrogen) atoms. The first-order valence-electron chi connectivity index (χ1n) is 8.81. The Morgan fingerprint density at radius 2 is 1.69 bits per heavy atom. The molecule has 0 fully saturated rings. The highest BCUT2D eigenvalue weighted by atomic mass is 32.1. The molecule has 1 atom stereocenters. The topological polar surface area (TPSA) is 90.9 Å². The normalized spacial score (nSPS) is 11.6. The van der Waals surface area contributed by atoms with Gasteiger partial charge in [0.05, 0.1) is 44.7 Å². The van der Waals surface area contributed by atoms with Crippen LogP contribution >= 0.6 is 11.3 Å². The molecule has 0 saturated carbocycles. The summed E-state index contributed by atoms with van der Waals surface area (Å²) < 4.78 is 22.2. The van der Waals surface area contributed by atoms with Crippen LogP contribution in [0.5, 0.6) is 23.0 Å². The van der Waals surface area contributed by atoms with Crippen LogP contribution < -0.4 is 29.6 Å². The lowest BCUT2D eigenvalue weighted by atomic mass is 10.1. The number of benzene rings is 2. The smallest absolute Gasteiger partial charge is 0.321 e. The quantitative estimate of drug-likeness (QED) is 0.598. The van der Waals surface area contributed by atoms with E-state index >= 15 is 0 Å². The fourth-order valence-electron chi connectivity index (χ4n) is 2.85. The second-order valence-corrected chi connectivity index (χ2v) is 7.16. The fourth-order valence-corrected chi connectivity index (χ4v) is 3.74. The molecule has 1 heterocycles. The van der Waals surface area contributed by atoms with Gasteiger partial charge in [-0.2, -0.15) is 0 Å². The lowest BCUT2D eigenvalue weighted by Crippen LogP contribution is -2.31. The molecule has 0 bridgehead atoms. The molecule has 0 aliphatic heterocycles. The van der Waals surface area contributed by atoms with Gasteiger partial charge in [0.1, 0.15) is 5.75 Å².